The van der Waals surface area contributed by atoms with Crippen molar-refractivity contribution >= 4 is 17.5 Å². The SMILES string of the molecule is COc1ccc(C2=NN(C(=O)CN(C)C(=O)C3CC3)C(c3ccc(C)cc3)C2)c(OC)c1. The summed E-state index contributed by atoms with van der Waals surface area (Å²) in [5.74, 6) is 1.23. The van der Waals surface area contributed by atoms with Crippen LogP contribution in [0.5, 0.6) is 11.5 Å². The van der Waals surface area contributed by atoms with Crippen LogP contribution in [0.25, 0.3) is 0 Å². The maximum atomic E-state index is 13.3. The highest BCUT2D eigenvalue weighted by Crippen LogP contribution is 2.36. The van der Waals surface area contributed by atoms with Gasteiger partial charge in [-0.25, -0.2) is 5.01 Å². The van der Waals surface area contributed by atoms with Crippen molar-refractivity contribution in [2.75, 3.05) is 27.8 Å². The van der Waals surface area contributed by atoms with Crippen molar-refractivity contribution in [1.29, 1.82) is 0 Å². The van der Waals surface area contributed by atoms with Gasteiger partial charge in [-0.05, 0) is 37.5 Å². The highest BCUT2D eigenvalue weighted by molar-refractivity contribution is 6.05. The van der Waals surface area contributed by atoms with Gasteiger partial charge in [-0.1, -0.05) is 29.8 Å². The van der Waals surface area contributed by atoms with Crippen LogP contribution in [0.2, 0.25) is 0 Å². The molecule has 1 saturated carbocycles. The second-order valence-corrected chi connectivity index (χ2v) is 8.45. The van der Waals surface area contributed by atoms with E-state index in [4.69, 9.17) is 14.6 Å². The summed E-state index contributed by atoms with van der Waals surface area (Å²) >= 11 is 0. The quantitative estimate of drug-likeness (QED) is 0.667. The summed E-state index contributed by atoms with van der Waals surface area (Å²) in [7, 11) is 4.90. The van der Waals surface area contributed by atoms with Gasteiger partial charge in [0.2, 0.25) is 5.91 Å². The monoisotopic (exact) mass is 435 g/mol. The first-order valence-electron chi connectivity index (χ1n) is 10.8. The fourth-order valence-corrected chi connectivity index (χ4v) is 3.98. The summed E-state index contributed by atoms with van der Waals surface area (Å²) in [5.41, 5.74) is 3.74. The molecule has 0 N–H and O–H groups in total. The van der Waals surface area contributed by atoms with Crippen LogP contribution in [0.1, 0.15) is 42.0 Å². The summed E-state index contributed by atoms with van der Waals surface area (Å²) < 4.78 is 10.9. The average molecular weight is 436 g/mol. The Morgan fingerprint density at radius 2 is 1.81 bits per heavy atom. The number of hydrogen-bond acceptors (Lipinski definition) is 5. The molecule has 1 aliphatic heterocycles. The molecule has 0 aromatic heterocycles. The van der Waals surface area contributed by atoms with Crippen molar-refractivity contribution < 1.29 is 19.1 Å². The number of hydrogen-bond donors (Lipinski definition) is 0. The van der Waals surface area contributed by atoms with E-state index < -0.39 is 0 Å². The molecule has 0 saturated heterocycles. The van der Waals surface area contributed by atoms with Crippen LogP contribution in [0.3, 0.4) is 0 Å². The second-order valence-electron chi connectivity index (χ2n) is 8.45. The van der Waals surface area contributed by atoms with Crippen LogP contribution >= 0.6 is 0 Å². The lowest BCUT2D eigenvalue weighted by molar-refractivity contribution is -0.141. The zero-order valence-electron chi connectivity index (χ0n) is 19.0. The third kappa shape index (κ3) is 4.47. The minimum atomic E-state index is -0.241. The molecule has 1 fully saturated rings. The number of nitrogens with zero attached hydrogens (tertiary/aromatic N) is 3. The van der Waals surface area contributed by atoms with E-state index in [9.17, 15) is 9.59 Å². The van der Waals surface area contributed by atoms with E-state index in [0.29, 0.717) is 17.9 Å². The molecule has 2 amide bonds. The van der Waals surface area contributed by atoms with E-state index in [0.717, 1.165) is 35.2 Å². The van der Waals surface area contributed by atoms with Crippen molar-refractivity contribution in [2.45, 2.75) is 32.2 Å². The first-order chi connectivity index (χ1) is 15.4. The van der Waals surface area contributed by atoms with Crippen LogP contribution < -0.4 is 9.47 Å². The molecular formula is C25H29N3O4. The summed E-state index contributed by atoms with van der Waals surface area (Å²) in [5, 5.41) is 6.25. The van der Waals surface area contributed by atoms with Crippen LogP contribution in [0, 0.1) is 12.8 Å². The molecule has 168 valence electrons. The zero-order valence-corrected chi connectivity index (χ0v) is 19.0. The smallest absolute Gasteiger partial charge is 0.262 e. The number of likely N-dealkylation sites (N-methyl/N-ethyl adjacent to an activating group) is 1. The van der Waals surface area contributed by atoms with E-state index in [2.05, 4.69) is 0 Å². The number of benzene rings is 2. The molecule has 32 heavy (non-hydrogen) atoms. The van der Waals surface area contributed by atoms with Crippen molar-refractivity contribution in [2.24, 2.45) is 11.0 Å². The predicted octanol–water partition coefficient (Wildman–Crippen LogP) is 3.56. The van der Waals surface area contributed by atoms with Gasteiger partial charge >= 0.3 is 0 Å². The molecule has 0 spiro atoms. The summed E-state index contributed by atoms with van der Waals surface area (Å²) in [6, 6.07) is 13.5. The van der Waals surface area contributed by atoms with E-state index >= 15 is 0 Å². The summed E-state index contributed by atoms with van der Waals surface area (Å²) in [4.78, 5) is 27.1. The molecule has 0 radical (unpaired) electrons. The third-order valence-corrected chi connectivity index (χ3v) is 6.02. The molecule has 2 aromatic carbocycles. The van der Waals surface area contributed by atoms with Crippen LogP contribution in [0.15, 0.2) is 47.6 Å². The Morgan fingerprint density at radius 3 is 2.44 bits per heavy atom. The van der Waals surface area contributed by atoms with Crippen LogP contribution in [0.4, 0.5) is 0 Å². The van der Waals surface area contributed by atoms with Crippen molar-refractivity contribution in [3.63, 3.8) is 0 Å². The Bertz CT molecular complexity index is 1040. The minimum Gasteiger partial charge on any atom is -0.497 e. The van der Waals surface area contributed by atoms with Gasteiger partial charge in [0.1, 0.15) is 18.0 Å². The van der Waals surface area contributed by atoms with Crippen LogP contribution in [-0.4, -0.2) is 55.2 Å². The van der Waals surface area contributed by atoms with Gasteiger partial charge in [0.05, 0.1) is 26.0 Å². The Hall–Kier alpha value is -3.35. The number of aryl methyl sites for hydroxylation is 1. The normalized spacial score (nSPS) is 17.7. The molecule has 0 bridgehead atoms. The van der Waals surface area contributed by atoms with Gasteiger partial charge in [-0.2, -0.15) is 5.10 Å². The third-order valence-electron chi connectivity index (χ3n) is 6.02. The Morgan fingerprint density at radius 1 is 1.09 bits per heavy atom. The summed E-state index contributed by atoms with van der Waals surface area (Å²) in [6.45, 7) is 2.04. The van der Waals surface area contributed by atoms with Gasteiger partial charge < -0.3 is 14.4 Å². The molecule has 2 aliphatic rings. The van der Waals surface area contributed by atoms with Gasteiger partial charge in [0, 0.05) is 31.0 Å². The highest BCUT2D eigenvalue weighted by atomic mass is 16.5. The molecule has 4 rings (SSSR count). The minimum absolute atomic E-state index is 0.00816. The average Bonchev–Trinajstić information content (AvgIpc) is 3.56. The standard InChI is InChI=1S/C25H29N3O4/c1-16-5-7-17(8-6-16)22-14-21(20-12-11-19(31-3)13-23(20)32-4)26-28(22)24(29)15-27(2)25(30)18-9-10-18/h5-8,11-13,18,22H,9-10,14-15H2,1-4H3. The second kappa shape index (κ2) is 9.02. The van der Waals surface area contributed by atoms with Crippen LogP contribution in [-0.2, 0) is 9.59 Å². The fourth-order valence-electron chi connectivity index (χ4n) is 3.98. The Balaban J connectivity index is 1.64. The maximum absolute atomic E-state index is 13.3. The van der Waals surface area contributed by atoms with Gasteiger partial charge in [0.15, 0.2) is 0 Å². The first-order valence-corrected chi connectivity index (χ1v) is 10.8. The number of methoxy groups -OCH3 is 2. The molecule has 2 aromatic rings. The van der Waals surface area contributed by atoms with Crippen molar-refractivity contribution in [1.82, 2.24) is 9.91 Å². The van der Waals surface area contributed by atoms with Gasteiger partial charge in [-0.15, -0.1) is 0 Å². The molecule has 1 heterocycles. The van der Waals surface area contributed by atoms with E-state index in [1.54, 1.807) is 21.3 Å². The van der Waals surface area contributed by atoms with E-state index in [1.807, 2.05) is 49.4 Å². The number of ether oxygens (including phenoxy) is 2. The molecule has 7 nitrogen and oxygen atoms in total. The molecule has 1 unspecified atom stereocenters. The fraction of sp³-hybridized carbons (Fsp3) is 0.400. The number of carbonyl (C=O) groups excluding carboxylic acids is 2. The number of hydrazone groups is 1. The lowest BCUT2D eigenvalue weighted by Gasteiger charge is -2.25. The Kier molecular flexibility index (Phi) is 6.17. The number of amides is 2. The Labute approximate surface area is 188 Å². The van der Waals surface area contributed by atoms with E-state index in [-0.39, 0.29) is 30.3 Å². The molecule has 1 aliphatic carbocycles. The predicted molar refractivity (Wildman–Crippen MR) is 122 cm³/mol. The largest absolute Gasteiger partial charge is 0.497 e. The lowest BCUT2D eigenvalue weighted by atomic mass is 9.97. The lowest BCUT2D eigenvalue weighted by Crippen LogP contribution is -2.39. The maximum Gasteiger partial charge on any atom is 0.262 e. The van der Waals surface area contributed by atoms with Crippen molar-refractivity contribution in [3.05, 3.63) is 59.2 Å². The van der Waals surface area contributed by atoms with Gasteiger partial charge in [0.25, 0.3) is 5.91 Å². The molecular weight excluding hydrogens is 406 g/mol. The first kappa shape index (κ1) is 21.9. The summed E-state index contributed by atoms with van der Waals surface area (Å²) in [6.07, 6.45) is 2.37. The highest BCUT2D eigenvalue weighted by Gasteiger charge is 2.37. The number of carbonyl (C=O) groups is 2. The molecule has 1 atom stereocenters. The van der Waals surface area contributed by atoms with Gasteiger partial charge in [-0.3, -0.25) is 9.59 Å². The topological polar surface area (TPSA) is 71.4 Å². The van der Waals surface area contributed by atoms with Crippen molar-refractivity contribution in [3.8, 4) is 11.5 Å². The van der Waals surface area contributed by atoms with E-state index in [1.165, 1.54) is 9.91 Å². The number of rotatable bonds is 7. The zero-order chi connectivity index (χ0) is 22.8. The molecule has 7 heteroatoms.